The number of hydrogen-bond acceptors (Lipinski definition) is 3. The molecule has 3 nitrogen and oxygen atoms in total. The SMILES string of the molecule is CC(CCc1ccccc1)NC(=O)c1ccc(CSCc2ccccc2F)o1. The summed E-state index contributed by atoms with van der Waals surface area (Å²) >= 11 is 1.55. The first kappa shape index (κ1) is 20.2. The van der Waals surface area contributed by atoms with Crippen LogP contribution < -0.4 is 5.32 Å². The third-order valence-corrected chi connectivity index (χ3v) is 5.44. The molecule has 1 heterocycles. The van der Waals surface area contributed by atoms with Crippen molar-refractivity contribution in [1.82, 2.24) is 5.32 Å². The van der Waals surface area contributed by atoms with E-state index in [4.69, 9.17) is 4.42 Å². The molecule has 1 amide bonds. The normalized spacial score (nSPS) is 11.9. The summed E-state index contributed by atoms with van der Waals surface area (Å²) in [4.78, 5) is 12.4. The van der Waals surface area contributed by atoms with Crippen LogP contribution in [-0.4, -0.2) is 11.9 Å². The minimum Gasteiger partial charge on any atom is -0.455 e. The molecule has 2 aromatic carbocycles. The Hall–Kier alpha value is -2.53. The number of benzene rings is 2. The van der Waals surface area contributed by atoms with Crippen molar-refractivity contribution in [3.63, 3.8) is 0 Å². The summed E-state index contributed by atoms with van der Waals surface area (Å²) in [5.74, 6) is 1.78. The monoisotopic (exact) mass is 397 g/mol. The van der Waals surface area contributed by atoms with Gasteiger partial charge in [-0.25, -0.2) is 4.39 Å². The van der Waals surface area contributed by atoms with Gasteiger partial charge in [-0.3, -0.25) is 4.79 Å². The fraction of sp³-hybridized carbons (Fsp3) is 0.261. The van der Waals surface area contributed by atoms with Gasteiger partial charge < -0.3 is 9.73 Å². The molecule has 0 aliphatic carbocycles. The molecule has 28 heavy (non-hydrogen) atoms. The van der Waals surface area contributed by atoms with Crippen LogP contribution in [0.15, 0.2) is 71.1 Å². The summed E-state index contributed by atoms with van der Waals surface area (Å²) in [6, 6.07) is 20.5. The quantitative estimate of drug-likeness (QED) is 0.511. The Labute approximate surface area is 169 Å². The second-order valence-electron chi connectivity index (χ2n) is 6.75. The fourth-order valence-electron chi connectivity index (χ4n) is 2.85. The summed E-state index contributed by atoms with van der Waals surface area (Å²) in [6.07, 6.45) is 1.78. The number of carbonyl (C=O) groups excluding carboxylic acids is 1. The van der Waals surface area contributed by atoms with Gasteiger partial charge in [-0.1, -0.05) is 48.5 Å². The molecule has 1 atom stereocenters. The lowest BCUT2D eigenvalue weighted by Gasteiger charge is -2.12. The Morgan fingerprint density at radius 3 is 2.57 bits per heavy atom. The van der Waals surface area contributed by atoms with Gasteiger partial charge in [-0.05, 0) is 49.1 Å². The fourth-order valence-corrected chi connectivity index (χ4v) is 3.76. The third kappa shape index (κ3) is 5.99. The average Bonchev–Trinajstić information content (AvgIpc) is 3.18. The van der Waals surface area contributed by atoms with Crippen LogP contribution in [0, 0.1) is 5.82 Å². The summed E-state index contributed by atoms with van der Waals surface area (Å²) < 4.78 is 19.3. The van der Waals surface area contributed by atoms with Gasteiger partial charge in [0.2, 0.25) is 0 Å². The number of thioether (sulfide) groups is 1. The van der Waals surface area contributed by atoms with Crippen LogP contribution >= 0.6 is 11.8 Å². The molecular formula is C23H24FNO2S. The first-order valence-electron chi connectivity index (χ1n) is 9.36. The number of halogens is 1. The molecule has 0 saturated heterocycles. The van der Waals surface area contributed by atoms with Gasteiger partial charge in [0.25, 0.3) is 5.91 Å². The van der Waals surface area contributed by atoms with Gasteiger partial charge in [0.1, 0.15) is 11.6 Å². The van der Waals surface area contributed by atoms with E-state index in [2.05, 4.69) is 17.4 Å². The van der Waals surface area contributed by atoms with Gasteiger partial charge in [0, 0.05) is 11.8 Å². The number of furan rings is 1. The van der Waals surface area contributed by atoms with E-state index in [1.165, 1.54) is 11.6 Å². The minimum atomic E-state index is -0.203. The van der Waals surface area contributed by atoms with Crippen LogP contribution in [0.2, 0.25) is 0 Å². The largest absolute Gasteiger partial charge is 0.455 e. The van der Waals surface area contributed by atoms with Crippen LogP contribution in [-0.2, 0) is 17.9 Å². The zero-order chi connectivity index (χ0) is 19.8. The standard InChI is InChI=1S/C23H24FNO2S/c1-17(11-12-18-7-3-2-4-8-18)25-23(26)22-14-13-20(27-22)16-28-15-19-9-5-6-10-21(19)24/h2-10,13-14,17H,11-12,15-16H2,1H3,(H,25,26). The van der Waals surface area contributed by atoms with Gasteiger partial charge in [0.15, 0.2) is 5.76 Å². The maximum atomic E-state index is 13.6. The highest BCUT2D eigenvalue weighted by atomic mass is 32.2. The predicted molar refractivity (Wildman–Crippen MR) is 112 cm³/mol. The number of nitrogens with one attached hydrogen (secondary N) is 1. The first-order chi connectivity index (χ1) is 13.6. The van der Waals surface area contributed by atoms with Crippen molar-refractivity contribution in [1.29, 1.82) is 0 Å². The average molecular weight is 398 g/mol. The van der Waals surface area contributed by atoms with Crippen molar-refractivity contribution in [2.45, 2.75) is 37.3 Å². The molecule has 0 radical (unpaired) electrons. The Morgan fingerprint density at radius 2 is 1.79 bits per heavy atom. The van der Waals surface area contributed by atoms with Gasteiger partial charge >= 0.3 is 0 Å². The second kappa shape index (κ2) is 10.1. The zero-order valence-corrected chi connectivity index (χ0v) is 16.7. The Bertz CT molecular complexity index is 894. The molecule has 3 rings (SSSR count). The minimum absolute atomic E-state index is 0.0525. The van der Waals surface area contributed by atoms with Crippen LogP contribution in [0.3, 0.4) is 0 Å². The van der Waals surface area contributed by atoms with Crippen LogP contribution in [0.4, 0.5) is 4.39 Å². The van der Waals surface area contributed by atoms with E-state index >= 15 is 0 Å². The number of rotatable bonds is 9. The molecule has 1 N–H and O–H groups in total. The first-order valence-corrected chi connectivity index (χ1v) is 10.5. The molecule has 146 valence electrons. The van der Waals surface area contributed by atoms with Gasteiger partial charge in [0.05, 0.1) is 5.75 Å². The molecule has 0 fully saturated rings. The molecule has 0 spiro atoms. The summed E-state index contributed by atoms with van der Waals surface area (Å²) in [5.41, 5.74) is 1.93. The molecule has 5 heteroatoms. The van der Waals surface area contributed by atoms with Crippen molar-refractivity contribution < 1.29 is 13.6 Å². The van der Waals surface area contributed by atoms with Crippen molar-refractivity contribution in [2.24, 2.45) is 0 Å². The molecule has 1 unspecified atom stereocenters. The molecule has 1 aromatic heterocycles. The van der Waals surface area contributed by atoms with Crippen LogP contribution in [0.1, 0.15) is 40.8 Å². The second-order valence-corrected chi connectivity index (χ2v) is 7.73. The topological polar surface area (TPSA) is 42.2 Å². The van der Waals surface area contributed by atoms with Crippen molar-refractivity contribution in [2.75, 3.05) is 0 Å². The number of hydrogen-bond donors (Lipinski definition) is 1. The third-order valence-electron chi connectivity index (χ3n) is 4.43. The van der Waals surface area contributed by atoms with E-state index < -0.39 is 0 Å². The van der Waals surface area contributed by atoms with Gasteiger partial charge in [-0.2, -0.15) is 0 Å². The molecule has 0 aliphatic heterocycles. The van der Waals surface area contributed by atoms with E-state index in [1.807, 2.05) is 31.2 Å². The number of amides is 1. The van der Waals surface area contributed by atoms with E-state index in [0.29, 0.717) is 28.6 Å². The highest BCUT2D eigenvalue weighted by molar-refractivity contribution is 7.97. The van der Waals surface area contributed by atoms with E-state index in [9.17, 15) is 9.18 Å². The summed E-state index contributed by atoms with van der Waals surface area (Å²) in [5, 5.41) is 2.98. The summed E-state index contributed by atoms with van der Waals surface area (Å²) in [6.45, 7) is 1.99. The molecule has 3 aromatic rings. The predicted octanol–water partition coefficient (Wildman–Crippen LogP) is 5.60. The highest BCUT2D eigenvalue weighted by Gasteiger charge is 2.14. The van der Waals surface area contributed by atoms with Crippen LogP contribution in [0.5, 0.6) is 0 Å². The smallest absolute Gasteiger partial charge is 0.287 e. The molecule has 0 aliphatic rings. The molecule has 0 bridgehead atoms. The Balaban J connectivity index is 1.43. The Kier molecular flexibility index (Phi) is 7.31. The van der Waals surface area contributed by atoms with E-state index in [0.717, 1.165) is 12.8 Å². The highest BCUT2D eigenvalue weighted by Crippen LogP contribution is 2.21. The summed E-state index contributed by atoms with van der Waals surface area (Å²) in [7, 11) is 0. The lowest BCUT2D eigenvalue weighted by molar-refractivity contribution is 0.0909. The van der Waals surface area contributed by atoms with Crippen molar-refractivity contribution in [3.05, 3.63) is 95.2 Å². The van der Waals surface area contributed by atoms with E-state index in [-0.39, 0.29) is 17.8 Å². The van der Waals surface area contributed by atoms with E-state index in [1.54, 1.807) is 36.0 Å². The molecular weight excluding hydrogens is 373 g/mol. The zero-order valence-electron chi connectivity index (χ0n) is 15.9. The number of carbonyl (C=O) groups is 1. The Morgan fingerprint density at radius 1 is 1.04 bits per heavy atom. The maximum absolute atomic E-state index is 13.6. The lowest BCUT2D eigenvalue weighted by atomic mass is 10.1. The van der Waals surface area contributed by atoms with Gasteiger partial charge in [-0.15, -0.1) is 11.8 Å². The van der Waals surface area contributed by atoms with Crippen molar-refractivity contribution >= 4 is 17.7 Å². The van der Waals surface area contributed by atoms with Crippen LogP contribution in [0.25, 0.3) is 0 Å². The number of aryl methyl sites for hydroxylation is 1. The molecule has 0 saturated carbocycles. The van der Waals surface area contributed by atoms with Crippen molar-refractivity contribution in [3.8, 4) is 0 Å². The lowest BCUT2D eigenvalue weighted by Crippen LogP contribution is -2.32. The maximum Gasteiger partial charge on any atom is 0.287 e.